The molecule has 0 aromatic rings. The third-order valence-corrected chi connectivity index (χ3v) is 5.52. The summed E-state index contributed by atoms with van der Waals surface area (Å²) in [6.07, 6.45) is 2.44. The lowest BCUT2D eigenvalue weighted by molar-refractivity contribution is 0.0372. The van der Waals surface area contributed by atoms with Crippen LogP contribution < -0.4 is 5.32 Å². The van der Waals surface area contributed by atoms with Crippen molar-refractivity contribution in [1.29, 1.82) is 0 Å². The topological polar surface area (TPSA) is 40.1 Å². The Hall–Kier alpha value is -0.460. The third kappa shape index (κ3) is 5.97. The second-order valence-electron chi connectivity index (χ2n) is 6.66. The maximum absolute atomic E-state index is 5.38. The molecule has 2 fully saturated rings. The molecule has 0 aliphatic carbocycles. The molecule has 2 aliphatic heterocycles. The number of ether oxygens (including phenoxy) is 1. The number of hydrogen-bond donors (Lipinski definition) is 1. The molecular formula is C16H32N4OS. The molecule has 0 amide bonds. The van der Waals surface area contributed by atoms with E-state index in [0.717, 1.165) is 51.9 Å². The Morgan fingerprint density at radius 1 is 1.23 bits per heavy atom. The van der Waals surface area contributed by atoms with Gasteiger partial charge in [0.1, 0.15) is 0 Å². The summed E-state index contributed by atoms with van der Waals surface area (Å²) in [5.41, 5.74) is 0. The molecule has 2 aliphatic rings. The first-order valence-electron chi connectivity index (χ1n) is 8.50. The summed E-state index contributed by atoms with van der Waals surface area (Å²) in [4.78, 5) is 9.36. The van der Waals surface area contributed by atoms with E-state index >= 15 is 0 Å². The molecule has 22 heavy (non-hydrogen) atoms. The van der Waals surface area contributed by atoms with Crippen molar-refractivity contribution in [3.63, 3.8) is 0 Å². The quantitative estimate of drug-likeness (QED) is 0.470. The summed E-state index contributed by atoms with van der Waals surface area (Å²) in [6, 6.07) is 0. The predicted octanol–water partition coefficient (Wildman–Crippen LogP) is 1.50. The molecule has 0 bridgehead atoms. The van der Waals surface area contributed by atoms with E-state index in [1.54, 1.807) is 0 Å². The van der Waals surface area contributed by atoms with Crippen LogP contribution in [0.2, 0.25) is 0 Å². The van der Waals surface area contributed by atoms with Gasteiger partial charge in [-0.15, -0.1) is 0 Å². The number of rotatable bonds is 5. The van der Waals surface area contributed by atoms with Crippen molar-refractivity contribution in [2.24, 2.45) is 4.99 Å². The van der Waals surface area contributed by atoms with Gasteiger partial charge >= 0.3 is 0 Å². The molecule has 0 aromatic carbocycles. The van der Waals surface area contributed by atoms with Crippen LogP contribution in [0, 0.1) is 0 Å². The first-order chi connectivity index (χ1) is 10.6. The average molecular weight is 329 g/mol. The van der Waals surface area contributed by atoms with Gasteiger partial charge in [-0.1, -0.05) is 0 Å². The highest BCUT2D eigenvalue weighted by Gasteiger charge is 2.28. The van der Waals surface area contributed by atoms with Crippen molar-refractivity contribution in [1.82, 2.24) is 15.1 Å². The second-order valence-corrected chi connectivity index (χ2v) is 8.47. The van der Waals surface area contributed by atoms with Gasteiger partial charge in [-0.05, 0) is 33.2 Å². The van der Waals surface area contributed by atoms with Crippen LogP contribution in [0.25, 0.3) is 0 Å². The van der Waals surface area contributed by atoms with Crippen LogP contribution in [0.3, 0.4) is 0 Å². The van der Waals surface area contributed by atoms with Crippen molar-refractivity contribution in [3.8, 4) is 0 Å². The standard InChI is InChI=1S/C16H32N4OS/c1-16(2)14-20(10-13-22-16)15(17-3)18-6-4-5-7-19-8-11-21-12-9-19/h4-14H2,1-3H3,(H,17,18). The highest BCUT2D eigenvalue weighted by atomic mass is 32.2. The maximum Gasteiger partial charge on any atom is 0.193 e. The van der Waals surface area contributed by atoms with E-state index < -0.39 is 0 Å². The number of nitrogens with zero attached hydrogens (tertiary/aromatic N) is 3. The van der Waals surface area contributed by atoms with E-state index in [9.17, 15) is 0 Å². The molecule has 0 aromatic heterocycles. The summed E-state index contributed by atoms with van der Waals surface area (Å²) in [5.74, 6) is 2.25. The lowest BCUT2D eigenvalue weighted by atomic mass is 10.2. The lowest BCUT2D eigenvalue weighted by Crippen LogP contribution is -2.51. The monoisotopic (exact) mass is 328 g/mol. The molecule has 2 saturated heterocycles. The molecule has 0 spiro atoms. The summed E-state index contributed by atoms with van der Waals surface area (Å²) in [6.45, 7) is 13.0. The van der Waals surface area contributed by atoms with E-state index in [1.165, 1.54) is 25.1 Å². The molecule has 0 atom stereocenters. The van der Waals surface area contributed by atoms with Crippen LogP contribution in [0.15, 0.2) is 4.99 Å². The van der Waals surface area contributed by atoms with Crippen LogP contribution in [0.5, 0.6) is 0 Å². The van der Waals surface area contributed by atoms with Crippen molar-refractivity contribution in [3.05, 3.63) is 0 Å². The highest BCUT2D eigenvalue weighted by Crippen LogP contribution is 2.29. The number of morpholine rings is 1. The first kappa shape index (κ1) is 17.9. The Kier molecular flexibility index (Phi) is 7.31. The van der Waals surface area contributed by atoms with Crippen LogP contribution in [-0.4, -0.2) is 85.8 Å². The highest BCUT2D eigenvalue weighted by molar-refractivity contribution is 8.00. The number of thioether (sulfide) groups is 1. The van der Waals surface area contributed by atoms with Crippen molar-refractivity contribution >= 4 is 17.7 Å². The number of nitrogens with one attached hydrogen (secondary N) is 1. The largest absolute Gasteiger partial charge is 0.379 e. The second kappa shape index (κ2) is 8.99. The molecule has 1 N–H and O–H groups in total. The molecule has 0 saturated carbocycles. The first-order valence-corrected chi connectivity index (χ1v) is 9.49. The number of aliphatic imine (C=N–C) groups is 1. The Balaban J connectivity index is 1.62. The Morgan fingerprint density at radius 2 is 2.00 bits per heavy atom. The predicted molar refractivity (Wildman–Crippen MR) is 96.0 cm³/mol. The molecule has 128 valence electrons. The van der Waals surface area contributed by atoms with Gasteiger partial charge in [0.05, 0.1) is 13.2 Å². The zero-order chi connectivity index (χ0) is 15.8. The minimum atomic E-state index is 0.326. The molecule has 6 heteroatoms. The lowest BCUT2D eigenvalue weighted by Gasteiger charge is -2.39. The normalized spacial score (nSPS) is 23.6. The number of unbranched alkanes of at least 4 members (excludes halogenated alkanes) is 1. The smallest absolute Gasteiger partial charge is 0.193 e. The van der Waals surface area contributed by atoms with E-state index in [4.69, 9.17) is 4.74 Å². The molecule has 0 unspecified atom stereocenters. The van der Waals surface area contributed by atoms with E-state index in [0.29, 0.717) is 4.75 Å². The van der Waals surface area contributed by atoms with Gasteiger partial charge < -0.3 is 15.0 Å². The van der Waals surface area contributed by atoms with Gasteiger partial charge in [0.2, 0.25) is 0 Å². The molecule has 0 radical (unpaired) electrons. The van der Waals surface area contributed by atoms with E-state index in [2.05, 4.69) is 45.7 Å². The van der Waals surface area contributed by atoms with Gasteiger partial charge in [0.25, 0.3) is 0 Å². The fourth-order valence-corrected chi connectivity index (χ4v) is 4.13. The minimum absolute atomic E-state index is 0.326. The summed E-state index contributed by atoms with van der Waals surface area (Å²) in [7, 11) is 1.89. The van der Waals surface area contributed by atoms with Gasteiger partial charge in [-0.3, -0.25) is 9.89 Å². The molecule has 2 heterocycles. The van der Waals surface area contributed by atoms with Gasteiger partial charge in [-0.25, -0.2) is 0 Å². The van der Waals surface area contributed by atoms with Crippen molar-refractivity contribution < 1.29 is 4.74 Å². The van der Waals surface area contributed by atoms with Crippen molar-refractivity contribution in [2.45, 2.75) is 31.4 Å². The zero-order valence-electron chi connectivity index (χ0n) is 14.4. The van der Waals surface area contributed by atoms with Gasteiger partial charge in [0, 0.05) is 50.3 Å². The fourth-order valence-electron chi connectivity index (χ4n) is 3.01. The SMILES string of the molecule is CN=C(NCCCCN1CCOCC1)N1CCSC(C)(C)C1. The van der Waals surface area contributed by atoms with Crippen LogP contribution in [0.4, 0.5) is 0 Å². The summed E-state index contributed by atoms with van der Waals surface area (Å²) in [5, 5.41) is 3.54. The van der Waals surface area contributed by atoms with Crippen LogP contribution >= 0.6 is 11.8 Å². The molecular weight excluding hydrogens is 296 g/mol. The third-order valence-electron chi connectivity index (χ3n) is 4.22. The zero-order valence-corrected chi connectivity index (χ0v) is 15.3. The Morgan fingerprint density at radius 3 is 2.68 bits per heavy atom. The van der Waals surface area contributed by atoms with Crippen LogP contribution in [0.1, 0.15) is 26.7 Å². The van der Waals surface area contributed by atoms with Crippen molar-refractivity contribution in [2.75, 3.05) is 65.3 Å². The molecule has 2 rings (SSSR count). The van der Waals surface area contributed by atoms with Gasteiger partial charge in [-0.2, -0.15) is 11.8 Å². The average Bonchev–Trinajstić information content (AvgIpc) is 2.51. The Bertz CT molecular complexity index is 356. The number of guanidine groups is 1. The number of hydrogen-bond acceptors (Lipinski definition) is 4. The minimum Gasteiger partial charge on any atom is -0.379 e. The Labute approximate surface area is 139 Å². The van der Waals surface area contributed by atoms with E-state index in [1.807, 2.05) is 7.05 Å². The molecule has 5 nitrogen and oxygen atoms in total. The fraction of sp³-hybridized carbons (Fsp3) is 0.938. The van der Waals surface area contributed by atoms with E-state index in [-0.39, 0.29) is 0 Å². The summed E-state index contributed by atoms with van der Waals surface area (Å²) < 4.78 is 5.71. The van der Waals surface area contributed by atoms with Gasteiger partial charge in [0.15, 0.2) is 5.96 Å². The van der Waals surface area contributed by atoms with Crippen LogP contribution in [-0.2, 0) is 4.74 Å². The summed E-state index contributed by atoms with van der Waals surface area (Å²) >= 11 is 2.06. The maximum atomic E-state index is 5.38.